The maximum absolute atomic E-state index is 12.0. The van der Waals surface area contributed by atoms with Crippen LogP contribution in [0.5, 0.6) is 0 Å². The molecule has 1 aromatic carbocycles. The van der Waals surface area contributed by atoms with E-state index >= 15 is 0 Å². The number of aryl methyl sites for hydroxylation is 1. The summed E-state index contributed by atoms with van der Waals surface area (Å²) in [6.07, 6.45) is 0. The Balaban J connectivity index is 2.41. The molecule has 2 N–H and O–H groups in total. The van der Waals surface area contributed by atoms with Crippen LogP contribution >= 0.6 is 34.5 Å². The molecule has 0 aliphatic carbocycles. The van der Waals surface area contributed by atoms with E-state index in [1.807, 2.05) is 6.92 Å². The number of rotatable bonds is 1. The van der Waals surface area contributed by atoms with Gasteiger partial charge in [0.2, 0.25) is 0 Å². The molecule has 0 atom stereocenters. The fraction of sp³-hybridized carbons (Fsp3) is 0.0769. The smallest absolute Gasteiger partial charge is 0.298 e. The minimum Gasteiger partial charge on any atom is -0.298 e. The van der Waals surface area contributed by atoms with Gasteiger partial charge in [-0.3, -0.25) is 14.8 Å². The zero-order chi connectivity index (χ0) is 14.4. The second kappa shape index (κ2) is 4.77. The fourth-order valence-electron chi connectivity index (χ4n) is 2.15. The van der Waals surface area contributed by atoms with Crippen molar-refractivity contribution in [2.24, 2.45) is 0 Å². The minimum atomic E-state index is -0.510. The molecule has 7 heteroatoms. The predicted octanol–water partition coefficient (Wildman–Crippen LogP) is 3.56. The van der Waals surface area contributed by atoms with Gasteiger partial charge in [-0.05, 0) is 24.6 Å². The Hall–Kier alpha value is -1.56. The van der Waals surface area contributed by atoms with Crippen molar-refractivity contribution in [1.82, 2.24) is 9.97 Å². The lowest BCUT2D eigenvalue weighted by Gasteiger charge is -2.03. The van der Waals surface area contributed by atoms with E-state index in [0.717, 1.165) is 16.0 Å². The number of halogens is 2. The number of aromatic amines is 2. The Labute approximate surface area is 127 Å². The van der Waals surface area contributed by atoms with Crippen LogP contribution in [0.25, 0.3) is 21.3 Å². The standard InChI is InChI=1S/C13H8Cl2N2O2S/c1-5-9(6-2-3-7(14)8(15)4-6)10-11(18)16-13(19)17-12(10)20-5/h2-4H,1H3,(H2,16,17,18,19). The van der Waals surface area contributed by atoms with Crippen LogP contribution in [-0.2, 0) is 0 Å². The SMILES string of the molecule is Cc1sc2[nH]c(=O)[nH]c(=O)c2c1-c1ccc(Cl)c(Cl)c1. The van der Waals surface area contributed by atoms with Crippen LogP contribution in [0.1, 0.15) is 4.88 Å². The lowest BCUT2D eigenvalue weighted by Crippen LogP contribution is -2.21. The summed E-state index contributed by atoms with van der Waals surface area (Å²) in [5.74, 6) is 0. The molecule has 2 aromatic heterocycles. The molecule has 102 valence electrons. The Bertz CT molecular complexity index is 940. The highest BCUT2D eigenvalue weighted by atomic mass is 35.5. The molecule has 3 rings (SSSR count). The number of thiophene rings is 1. The van der Waals surface area contributed by atoms with Crippen molar-refractivity contribution in [2.75, 3.05) is 0 Å². The Kier molecular flexibility index (Phi) is 3.20. The zero-order valence-corrected chi connectivity index (χ0v) is 12.5. The molecule has 4 nitrogen and oxygen atoms in total. The summed E-state index contributed by atoms with van der Waals surface area (Å²) in [6.45, 7) is 1.89. The van der Waals surface area contributed by atoms with Gasteiger partial charge in [-0.2, -0.15) is 0 Å². The summed E-state index contributed by atoms with van der Waals surface area (Å²) >= 11 is 13.3. The normalized spacial score (nSPS) is 11.2. The summed E-state index contributed by atoms with van der Waals surface area (Å²) in [5, 5.41) is 1.34. The molecule has 0 unspecified atom stereocenters. The summed E-state index contributed by atoms with van der Waals surface area (Å²) in [7, 11) is 0. The van der Waals surface area contributed by atoms with Crippen molar-refractivity contribution in [3.05, 3.63) is 54.0 Å². The molecule has 0 fully saturated rings. The van der Waals surface area contributed by atoms with Crippen LogP contribution in [0.15, 0.2) is 27.8 Å². The van der Waals surface area contributed by atoms with E-state index in [1.165, 1.54) is 11.3 Å². The average Bonchev–Trinajstić information content (AvgIpc) is 2.69. The van der Waals surface area contributed by atoms with E-state index in [9.17, 15) is 9.59 Å². The van der Waals surface area contributed by atoms with Crippen LogP contribution in [-0.4, -0.2) is 9.97 Å². The van der Waals surface area contributed by atoms with Gasteiger partial charge in [0.25, 0.3) is 5.56 Å². The topological polar surface area (TPSA) is 65.7 Å². The maximum Gasteiger partial charge on any atom is 0.326 e. The lowest BCUT2D eigenvalue weighted by atomic mass is 10.0. The first-order valence-corrected chi connectivity index (χ1v) is 7.25. The van der Waals surface area contributed by atoms with Gasteiger partial charge >= 0.3 is 5.69 Å². The molecule has 0 bridgehead atoms. The minimum absolute atomic E-state index is 0.408. The van der Waals surface area contributed by atoms with Crippen LogP contribution in [0.4, 0.5) is 0 Å². The molecule has 0 saturated heterocycles. The van der Waals surface area contributed by atoms with E-state index in [-0.39, 0.29) is 0 Å². The number of hydrogen-bond acceptors (Lipinski definition) is 3. The van der Waals surface area contributed by atoms with Gasteiger partial charge in [-0.1, -0.05) is 29.3 Å². The zero-order valence-electron chi connectivity index (χ0n) is 10.2. The quantitative estimate of drug-likeness (QED) is 0.718. The molecule has 2 heterocycles. The van der Waals surface area contributed by atoms with Crippen LogP contribution in [0.2, 0.25) is 10.0 Å². The third-order valence-corrected chi connectivity index (χ3v) is 4.73. The molecule has 0 saturated carbocycles. The lowest BCUT2D eigenvalue weighted by molar-refractivity contribution is 1.09. The van der Waals surface area contributed by atoms with Gasteiger partial charge in [0.05, 0.1) is 15.4 Å². The number of hydrogen-bond donors (Lipinski definition) is 2. The second-order valence-electron chi connectivity index (χ2n) is 4.27. The predicted molar refractivity (Wildman–Crippen MR) is 83.3 cm³/mol. The van der Waals surface area contributed by atoms with Crippen LogP contribution < -0.4 is 11.2 Å². The molecular formula is C13H8Cl2N2O2S. The Morgan fingerprint density at radius 1 is 1.10 bits per heavy atom. The molecule has 0 amide bonds. The van der Waals surface area contributed by atoms with Crippen molar-refractivity contribution in [1.29, 1.82) is 0 Å². The Morgan fingerprint density at radius 2 is 1.85 bits per heavy atom. The van der Waals surface area contributed by atoms with Gasteiger partial charge in [-0.15, -0.1) is 11.3 Å². The molecule has 0 aliphatic rings. The van der Waals surface area contributed by atoms with Crippen molar-refractivity contribution in [3.8, 4) is 11.1 Å². The van der Waals surface area contributed by atoms with E-state index in [0.29, 0.717) is 20.3 Å². The van der Waals surface area contributed by atoms with Crippen molar-refractivity contribution in [3.63, 3.8) is 0 Å². The van der Waals surface area contributed by atoms with Crippen molar-refractivity contribution < 1.29 is 0 Å². The first-order chi connectivity index (χ1) is 9.47. The number of H-pyrrole nitrogens is 2. The van der Waals surface area contributed by atoms with E-state index in [4.69, 9.17) is 23.2 Å². The first-order valence-electron chi connectivity index (χ1n) is 5.68. The molecule has 3 aromatic rings. The number of fused-ring (bicyclic) bond motifs is 1. The third kappa shape index (κ3) is 2.08. The highest BCUT2D eigenvalue weighted by Gasteiger charge is 2.16. The van der Waals surface area contributed by atoms with Crippen molar-refractivity contribution >= 4 is 44.8 Å². The number of benzene rings is 1. The highest BCUT2D eigenvalue weighted by Crippen LogP contribution is 2.37. The molecule has 20 heavy (non-hydrogen) atoms. The highest BCUT2D eigenvalue weighted by molar-refractivity contribution is 7.19. The largest absolute Gasteiger partial charge is 0.326 e. The van der Waals surface area contributed by atoms with Gasteiger partial charge in [-0.25, -0.2) is 4.79 Å². The first kappa shape index (κ1) is 13.4. The van der Waals surface area contributed by atoms with E-state index < -0.39 is 11.2 Å². The van der Waals surface area contributed by atoms with Gasteiger partial charge in [0, 0.05) is 10.4 Å². The average molecular weight is 327 g/mol. The summed E-state index contributed by atoms with van der Waals surface area (Å²) in [5.41, 5.74) is 0.639. The van der Waals surface area contributed by atoms with Gasteiger partial charge in [0.1, 0.15) is 4.83 Å². The maximum atomic E-state index is 12.0. The number of aromatic nitrogens is 2. The molecule has 0 aliphatic heterocycles. The van der Waals surface area contributed by atoms with Gasteiger partial charge in [0.15, 0.2) is 0 Å². The summed E-state index contributed by atoms with van der Waals surface area (Å²) < 4.78 is 0. The molecule has 0 spiro atoms. The van der Waals surface area contributed by atoms with E-state index in [1.54, 1.807) is 18.2 Å². The fourth-order valence-corrected chi connectivity index (χ4v) is 3.52. The Morgan fingerprint density at radius 3 is 2.55 bits per heavy atom. The van der Waals surface area contributed by atoms with E-state index in [2.05, 4.69) is 9.97 Å². The van der Waals surface area contributed by atoms with Gasteiger partial charge < -0.3 is 0 Å². The number of nitrogens with one attached hydrogen (secondary N) is 2. The van der Waals surface area contributed by atoms with Crippen LogP contribution in [0.3, 0.4) is 0 Å². The molecule has 0 radical (unpaired) electrons. The van der Waals surface area contributed by atoms with Crippen LogP contribution in [0, 0.1) is 6.92 Å². The second-order valence-corrected chi connectivity index (χ2v) is 6.31. The third-order valence-electron chi connectivity index (χ3n) is 2.97. The van der Waals surface area contributed by atoms with Crippen molar-refractivity contribution in [2.45, 2.75) is 6.92 Å². The summed E-state index contributed by atoms with van der Waals surface area (Å²) in [4.78, 5) is 29.7. The summed E-state index contributed by atoms with van der Waals surface area (Å²) in [6, 6.07) is 5.19. The monoisotopic (exact) mass is 326 g/mol. The molecular weight excluding hydrogens is 319 g/mol.